The zero-order valence-electron chi connectivity index (χ0n) is 13.5. The molecule has 130 valence electrons. The number of nitrogens with zero attached hydrogens (tertiary/aromatic N) is 1. The van der Waals surface area contributed by atoms with Gasteiger partial charge in [0.1, 0.15) is 16.3 Å². The number of hydrogen-bond acceptors (Lipinski definition) is 6. The van der Waals surface area contributed by atoms with E-state index in [2.05, 4.69) is 5.32 Å². The third-order valence-corrected chi connectivity index (χ3v) is 5.32. The third-order valence-electron chi connectivity index (χ3n) is 3.14. The van der Waals surface area contributed by atoms with Crippen molar-refractivity contribution >= 4 is 51.6 Å². The van der Waals surface area contributed by atoms with Crippen LogP contribution in [0.25, 0.3) is 0 Å². The Morgan fingerprint density at radius 3 is 2.60 bits per heavy atom. The smallest absolute Gasteiger partial charge is 0.319 e. The van der Waals surface area contributed by atoms with Crippen molar-refractivity contribution in [2.24, 2.45) is 0 Å². The van der Waals surface area contributed by atoms with Crippen LogP contribution in [0.2, 0.25) is 5.02 Å². The Hall–Kier alpha value is -2.01. The maximum atomic E-state index is 12.2. The molecule has 8 heteroatoms. The van der Waals surface area contributed by atoms with Gasteiger partial charge >= 0.3 is 5.97 Å². The second-order valence-corrected chi connectivity index (χ2v) is 7.82. The first-order chi connectivity index (χ1) is 11.9. The topological polar surface area (TPSA) is 79.2 Å². The average Bonchev–Trinajstić information content (AvgIpc) is 3.03. The summed E-state index contributed by atoms with van der Waals surface area (Å²) in [5.41, 5.74) is 0.378. The Balaban J connectivity index is 1.89. The van der Waals surface area contributed by atoms with Crippen LogP contribution in [0.15, 0.2) is 40.6 Å². The lowest BCUT2D eigenvalue weighted by Crippen LogP contribution is -2.32. The van der Waals surface area contributed by atoms with Crippen molar-refractivity contribution in [3.05, 3.63) is 46.3 Å². The number of nitriles is 1. The maximum Gasteiger partial charge on any atom is 0.319 e. The van der Waals surface area contributed by atoms with E-state index in [-0.39, 0.29) is 0 Å². The first-order valence-electron chi connectivity index (χ1n) is 7.32. The summed E-state index contributed by atoms with van der Waals surface area (Å²) in [4.78, 5) is 25.2. The molecule has 0 saturated heterocycles. The fraction of sp³-hybridized carbons (Fsp3) is 0.235. The summed E-state index contributed by atoms with van der Waals surface area (Å²) in [6.45, 7) is 3.20. The van der Waals surface area contributed by atoms with Crippen LogP contribution in [-0.4, -0.2) is 23.2 Å². The van der Waals surface area contributed by atoms with Gasteiger partial charge in [0, 0.05) is 9.92 Å². The Labute approximate surface area is 158 Å². The summed E-state index contributed by atoms with van der Waals surface area (Å²) in [6.07, 6.45) is -0.964. The van der Waals surface area contributed by atoms with Gasteiger partial charge in [0.2, 0.25) is 0 Å². The highest BCUT2D eigenvalue weighted by Crippen LogP contribution is 2.26. The molecule has 1 N–H and O–H groups in total. The molecule has 0 aliphatic carbocycles. The summed E-state index contributed by atoms with van der Waals surface area (Å²) in [5, 5.41) is 13.8. The second-order valence-electron chi connectivity index (χ2n) is 5.06. The minimum atomic E-state index is -0.964. The molecule has 0 saturated carbocycles. The van der Waals surface area contributed by atoms with Crippen LogP contribution in [-0.2, 0) is 14.3 Å². The SMILES string of the molecule is C[C@H](OC(=O)[C@H](C)Sc1ccc(Cl)cc1)C(=O)Nc1sccc1C#N. The van der Waals surface area contributed by atoms with E-state index in [1.165, 1.54) is 30.0 Å². The highest BCUT2D eigenvalue weighted by Gasteiger charge is 2.23. The Morgan fingerprint density at radius 2 is 1.96 bits per heavy atom. The molecule has 1 aromatic heterocycles. The average molecular weight is 395 g/mol. The quantitative estimate of drug-likeness (QED) is 0.582. The van der Waals surface area contributed by atoms with Gasteiger partial charge in [-0.1, -0.05) is 11.6 Å². The summed E-state index contributed by atoms with van der Waals surface area (Å²) in [5.74, 6) is -0.967. The summed E-state index contributed by atoms with van der Waals surface area (Å²) < 4.78 is 5.22. The number of ether oxygens (including phenoxy) is 1. The molecular formula is C17H15ClN2O3S2. The first kappa shape index (κ1) is 19.3. The molecule has 5 nitrogen and oxygen atoms in total. The molecule has 0 fully saturated rings. The second kappa shape index (κ2) is 8.90. The van der Waals surface area contributed by atoms with Gasteiger partial charge in [-0.15, -0.1) is 23.1 Å². The summed E-state index contributed by atoms with van der Waals surface area (Å²) in [6, 6.07) is 10.7. The Morgan fingerprint density at radius 1 is 1.28 bits per heavy atom. The molecule has 2 atom stereocenters. The van der Waals surface area contributed by atoms with E-state index >= 15 is 0 Å². The highest BCUT2D eigenvalue weighted by atomic mass is 35.5. The zero-order chi connectivity index (χ0) is 18.4. The molecule has 1 amide bonds. The van der Waals surface area contributed by atoms with E-state index in [1.807, 2.05) is 18.2 Å². The van der Waals surface area contributed by atoms with E-state index < -0.39 is 23.2 Å². The fourth-order valence-corrected chi connectivity index (χ4v) is 3.52. The maximum absolute atomic E-state index is 12.2. The monoisotopic (exact) mass is 394 g/mol. The van der Waals surface area contributed by atoms with Crippen LogP contribution in [0.1, 0.15) is 19.4 Å². The number of esters is 1. The lowest BCUT2D eigenvalue weighted by Gasteiger charge is -2.16. The van der Waals surface area contributed by atoms with Gasteiger partial charge in [0.15, 0.2) is 6.10 Å². The summed E-state index contributed by atoms with van der Waals surface area (Å²) in [7, 11) is 0. The van der Waals surface area contributed by atoms with Crippen LogP contribution in [0.5, 0.6) is 0 Å². The van der Waals surface area contributed by atoms with Crippen molar-refractivity contribution in [1.29, 1.82) is 5.26 Å². The first-order valence-corrected chi connectivity index (χ1v) is 9.45. The van der Waals surface area contributed by atoms with Gasteiger partial charge in [0.05, 0.1) is 5.56 Å². The van der Waals surface area contributed by atoms with Crippen LogP contribution < -0.4 is 5.32 Å². The van der Waals surface area contributed by atoms with Crippen LogP contribution in [0.4, 0.5) is 5.00 Å². The molecule has 0 radical (unpaired) electrons. The van der Waals surface area contributed by atoms with E-state index in [4.69, 9.17) is 21.6 Å². The van der Waals surface area contributed by atoms with Gasteiger partial charge in [-0.2, -0.15) is 5.26 Å². The van der Waals surface area contributed by atoms with Gasteiger partial charge in [-0.05, 0) is 49.6 Å². The molecule has 0 aliphatic heterocycles. The van der Waals surface area contributed by atoms with Crippen molar-refractivity contribution in [2.45, 2.75) is 30.1 Å². The zero-order valence-corrected chi connectivity index (χ0v) is 15.9. The number of carbonyl (C=O) groups is 2. The standard InChI is InChI=1S/C17H15ClN2O3S2/c1-10(15(21)20-16-12(9-19)7-8-24-16)23-17(22)11(2)25-14-5-3-13(18)4-6-14/h3-8,10-11H,1-2H3,(H,20,21)/t10-,11-/m0/s1. The Kier molecular flexibility index (Phi) is 6.88. The predicted octanol–water partition coefficient (Wildman–Crippen LogP) is 4.32. The number of rotatable bonds is 6. The van der Waals surface area contributed by atoms with Crippen LogP contribution >= 0.6 is 34.7 Å². The lowest BCUT2D eigenvalue weighted by atomic mass is 10.3. The molecule has 1 aromatic carbocycles. The largest absolute Gasteiger partial charge is 0.452 e. The molecule has 0 aliphatic rings. The van der Waals surface area contributed by atoms with Gasteiger partial charge < -0.3 is 10.1 Å². The molecular weight excluding hydrogens is 380 g/mol. The van der Waals surface area contributed by atoms with Crippen molar-refractivity contribution in [3.63, 3.8) is 0 Å². The minimum Gasteiger partial charge on any atom is -0.452 e. The molecule has 0 unspecified atom stereocenters. The van der Waals surface area contributed by atoms with Gasteiger partial charge in [-0.25, -0.2) is 0 Å². The van der Waals surface area contributed by atoms with E-state index in [0.29, 0.717) is 15.6 Å². The third kappa shape index (κ3) is 5.49. The van der Waals surface area contributed by atoms with E-state index in [0.717, 1.165) is 4.90 Å². The molecule has 2 rings (SSSR count). The minimum absolute atomic E-state index is 0.378. The fourth-order valence-electron chi connectivity index (χ4n) is 1.80. The van der Waals surface area contributed by atoms with Gasteiger partial charge in [0.25, 0.3) is 5.91 Å². The molecule has 0 spiro atoms. The number of amides is 1. The lowest BCUT2D eigenvalue weighted by molar-refractivity contribution is -0.152. The van der Waals surface area contributed by atoms with Crippen molar-refractivity contribution in [1.82, 2.24) is 0 Å². The van der Waals surface area contributed by atoms with Gasteiger partial charge in [-0.3, -0.25) is 9.59 Å². The number of benzene rings is 1. The summed E-state index contributed by atoms with van der Waals surface area (Å²) >= 11 is 8.39. The molecule has 25 heavy (non-hydrogen) atoms. The normalized spacial score (nSPS) is 12.7. The number of hydrogen-bond donors (Lipinski definition) is 1. The molecule has 0 bridgehead atoms. The number of thioether (sulfide) groups is 1. The number of carbonyl (C=O) groups excluding carboxylic acids is 2. The highest BCUT2D eigenvalue weighted by molar-refractivity contribution is 8.00. The van der Waals surface area contributed by atoms with Crippen molar-refractivity contribution < 1.29 is 14.3 Å². The predicted molar refractivity (Wildman–Crippen MR) is 100.0 cm³/mol. The number of thiophene rings is 1. The number of anilines is 1. The van der Waals surface area contributed by atoms with Crippen LogP contribution in [0.3, 0.4) is 0 Å². The molecule has 1 heterocycles. The number of nitrogens with one attached hydrogen (secondary N) is 1. The van der Waals surface area contributed by atoms with Crippen LogP contribution in [0, 0.1) is 11.3 Å². The van der Waals surface area contributed by atoms with Crippen molar-refractivity contribution in [2.75, 3.05) is 5.32 Å². The van der Waals surface area contributed by atoms with E-state index in [1.54, 1.807) is 30.5 Å². The number of halogens is 1. The van der Waals surface area contributed by atoms with Crippen molar-refractivity contribution in [3.8, 4) is 6.07 Å². The Bertz CT molecular complexity index is 799. The van der Waals surface area contributed by atoms with E-state index in [9.17, 15) is 9.59 Å². The molecule has 2 aromatic rings.